The molecule has 1 rings (SSSR count). The molecule has 0 saturated carbocycles. The highest BCUT2D eigenvalue weighted by atomic mass is 15.5. The molecule has 1 unspecified atom stereocenters. The molecule has 5 heteroatoms. The van der Waals surface area contributed by atoms with Gasteiger partial charge < -0.3 is 0 Å². The monoisotopic (exact) mass is 98.0 g/mol. The van der Waals surface area contributed by atoms with E-state index in [9.17, 15) is 0 Å². The lowest BCUT2D eigenvalue weighted by atomic mass is 10.9. The molecular formula is C2H4N5+. The minimum atomic E-state index is -0.444. The van der Waals surface area contributed by atoms with E-state index < -0.39 is 6.29 Å². The van der Waals surface area contributed by atoms with E-state index in [4.69, 9.17) is 5.39 Å². The Bertz CT molecular complexity index is 113. The second-order valence-corrected chi connectivity index (χ2v) is 1.07. The molecule has 7 heavy (non-hydrogen) atoms. The Morgan fingerprint density at radius 2 is 2.71 bits per heavy atom. The van der Waals surface area contributed by atoms with Crippen LogP contribution >= 0.6 is 0 Å². The Kier molecular flexibility index (Phi) is 0.788. The van der Waals surface area contributed by atoms with Gasteiger partial charge in [0.1, 0.15) is 6.34 Å². The first kappa shape index (κ1) is 3.87. The van der Waals surface area contributed by atoms with Gasteiger partial charge in [-0.25, -0.2) is 5.43 Å². The smallest absolute Gasteiger partial charge is 0.279 e. The highest BCUT2D eigenvalue weighted by molar-refractivity contribution is 5.56. The van der Waals surface area contributed by atoms with Gasteiger partial charge in [0.25, 0.3) is 0 Å². The van der Waals surface area contributed by atoms with Crippen molar-refractivity contribution in [2.45, 2.75) is 6.29 Å². The van der Waals surface area contributed by atoms with Gasteiger partial charge in [-0.1, -0.05) is 0 Å². The fourth-order valence-corrected chi connectivity index (χ4v) is 0.312. The number of diazo groups is 1. The van der Waals surface area contributed by atoms with Gasteiger partial charge in [-0.05, 0) is 0 Å². The standard InChI is InChI=1S/C2H3N5/c3-6-2-4-1-5-7-2/h1-3H/p+1. The van der Waals surface area contributed by atoms with Crippen molar-refractivity contribution < 1.29 is 0 Å². The number of nitrogens with one attached hydrogen (secondary N) is 2. The van der Waals surface area contributed by atoms with Crippen LogP contribution in [0.1, 0.15) is 0 Å². The molecule has 1 aliphatic heterocycles. The molecule has 36 valence electrons. The highest BCUT2D eigenvalue weighted by Gasteiger charge is 2.18. The lowest BCUT2D eigenvalue weighted by Crippen LogP contribution is -2.27. The molecule has 0 aliphatic carbocycles. The van der Waals surface area contributed by atoms with Crippen LogP contribution in [0.15, 0.2) is 5.10 Å². The first-order valence-corrected chi connectivity index (χ1v) is 1.81. The van der Waals surface area contributed by atoms with Gasteiger partial charge in [0, 0.05) is 0 Å². The number of hydrazone groups is 1. The Balaban J connectivity index is 2.39. The third-order valence-corrected chi connectivity index (χ3v) is 0.609. The summed E-state index contributed by atoms with van der Waals surface area (Å²) in [5, 5.41) is 14.1. The number of hydrogen-bond donors (Lipinski definition) is 2. The minimum Gasteiger partial charge on any atom is -0.279 e. The van der Waals surface area contributed by atoms with Crippen LogP contribution in [0, 0.1) is 5.39 Å². The summed E-state index contributed by atoms with van der Waals surface area (Å²) in [4.78, 5) is 2.84. The predicted octanol–water partition coefficient (Wildman–Crippen LogP) is -0.741. The van der Waals surface area contributed by atoms with Gasteiger partial charge in [0.2, 0.25) is 5.39 Å². The first-order valence-electron chi connectivity index (χ1n) is 1.81. The fourth-order valence-electron chi connectivity index (χ4n) is 0.312. The zero-order chi connectivity index (χ0) is 5.11. The maximum Gasteiger partial charge on any atom is 0.481 e. The molecule has 0 amide bonds. The van der Waals surface area contributed by atoms with Crippen molar-refractivity contribution in [1.29, 1.82) is 5.39 Å². The average Bonchev–Trinajstić information content (AvgIpc) is 2.14. The van der Waals surface area contributed by atoms with Crippen LogP contribution in [-0.4, -0.2) is 12.6 Å². The summed E-state index contributed by atoms with van der Waals surface area (Å²) in [5.74, 6) is 0. The number of hydrogen-bond acceptors (Lipinski definition) is 4. The van der Waals surface area contributed by atoms with Gasteiger partial charge in [0.15, 0.2) is 4.98 Å². The summed E-state index contributed by atoms with van der Waals surface area (Å²) in [6.07, 6.45) is 0.977. The van der Waals surface area contributed by atoms with E-state index in [0.717, 1.165) is 0 Å². The van der Waals surface area contributed by atoms with Crippen molar-refractivity contribution in [3.63, 3.8) is 0 Å². The average molecular weight is 98.1 g/mol. The van der Waals surface area contributed by atoms with E-state index in [1.165, 1.54) is 6.34 Å². The molecule has 0 bridgehead atoms. The lowest BCUT2D eigenvalue weighted by Gasteiger charge is -1.80. The van der Waals surface area contributed by atoms with E-state index in [1.807, 2.05) is 0 Å². The highest BCUT2D eigenvalue weighted by Crippen LogP contribution is 1.80. The molecule has 1 heterocycles. The topological polar surface area (TPSA) is 64.6 Å². The molecule has 0 fully saturated rings. The Morgan fingerprint density at radius 1 is 1.86 bits per heavy atom. The maximum absolute atomic E-state index is 7.99. The third-order valence-electron chi connectivity index (χ3n) is 0.609. The van der Waals surface area contributed by atoms with Crippen LogP contribution in [0.5, 0.6) is 0 Å². The van der Waals surface area contributed by atoms with Gasteiger partial charge >= 0.3 is 6.29 Å². The molecule has 5 nitrogen and oxygen atoms in total. The number of rotatable bonds is 0. The molecule has 1 atom stereocenters. The van der Waals surface area contributed by atoms with Crippen LogP contribution in [0.4, 0.5) is 0 Å². The Labute approximate surface area is 40.0 Å². The summed E-state index contributed by atoms with van der Waals surface area (Å²) < 4.78 is 0. The lowest BCUT2D eigenvalue weighted by molar-refractivity contribution is 0.634. The number of nitrogens with zero attached hydrogens (tertiary/aromatic N) is 3. The third kappa shape index (κ3) is 0.574. The van der Waals surface area contributed by atoms with Crippen molar-refractivity contribution in [2.75, 3.05) is 0 Å². The van der Waals surface area contributed by atoms with E-state index in [2.05, 4.69) is 20.8 Å². The van der Waals surface area contributed by atoms with Crippen LogP contribution in [-0.2, 0) is 0 Å². The summed E-state index contributed by atoms with van der Waals surface area (Å²) in [6.45, 7) is 0. The van der Waals surface area contributed by atoms with Crippen molar-refractivity contribution in [2.24, 2.45) is 5.10 Å². The Hall–Kier alpha value is -1.31. The summed E-state index contributed by atoms with van der Waals surface area (Å²) >= 11 is 0. The molecular weight excluding hydrogens is 94.1 g/mol. The van der Waals surface area contributed by atoms with E-state index in [1.54, 1.807) is 0 Å². The van der Waals surface area contributed by atoms with Crippen molar-refractivity contribution in [3.05, 3.63) is 4.98 Å². The zero-order valence-corrected chi connectivity index (χ0v) is 3.50. The molecule has 0 spiro atoms. The van der Waals surface area contributed by atoms with E-state index in [-0.39, 0.29) is 0 Å². The Morgan fingerprint density at radius 3 is 3.00 bits per heavy atom. The molecule has 1 aliphatic rings. The zero-order valence-electron chi connectivity index (χ0n) is 3.50. The normalized spacial score (nSPS) is 25.3. The first-order chi connectivity index (χ1) is 3.43. The van der Waals surface area contributed by atoms with Crippen molar-refractivity contribution in [1.82, 2.24) is 10.7 Å². The molecule has 0 aromatic heterocycles. The SMILES string of the molecule is N#[N+]C1NC=NN1. The van der Waals surface area contributed by atoms with E-state index in [0.29, 0.717) is 0 Å². The van der Waals surface area contributed by atoms with Gasteiger partial charge in [-0.15, -0.1) is 0 Å². The largest absolute Gasteiger partial charge is 0.481 e. The molecule has 2 N–H and O–H groups in total. The molecule has 0 aromatic rings. The fraction of sp³-hybridized carbons (Fsp3) is 0.500. The maximum atomic E-state index is 7.99. The van der Waals surface area contributed by atoms with Crippen LogP contribution in [0.2, 0.25) is 0 Å². The van der Waals surface area contributed by atoms with Crippen molar-refractivity contribution >= 4 is 6.34 Å². The summed E-state index contributed by atoms with van der Waals surface area (Å²) in [6, 6.07) is 0. The van der Waals surface area contributed by atoms with Gasteiger partial charge in [0.05, 0.1) is 0 Å². The van der Waals surface area contributed by atoms with Crippen LogP contribution < -0.4 is 10.7 Å². The quantitative estimate of drug-likeness (QED) is 0.392. The summed E-state index contributed by atoms with van der Waals surface area (Å²) in [5.41, 5.74) is 2.45. The molecule has 0 radical (unpaired) electrons. The van der Waals surface area contributed by atoms with Crippen LogP contribution in [0.25, 0.3) is 4.98 Å². The molecule has 0 aromatic carbocycles. The van der Waals surface area contributed by atoms with E-state index >= 15 is 0 Å². The summed E-state index contributed by atoms with van der Waals surface area (Å²) in [7, 11) is 0. The van der Waals surface area contributed by atoms with Crippen molar-refractivity contribution in [3.8, 4) is 0 Å². The second-order valence-electron chi connectivity index (χ2n) is 1.07. The predicted molar refractivity (Wildman–Crippen MR) is 23.6 cm³/mol. The molecule has 0 saturated heterocycles. The van der Waals surface area contributed by atoms with Gasteiger partial charge in [-0.2, -0.15) is 5.10 Å². The minimum absolute atomic E-state index is 0.444. The van der Waals surface area contributed by atoms with Gasteiger partial charge in [-0.3, -0.25) is 5.32 Å². The van der Waals surface area contributed by atoms with Crippen LogP contribution in [0.3, 0.4) is 0 Å². The second kappa shape index (κ2) is 1.43.